The van der Waals surface area contributed by atoms with Crippen LogP contribution >= 0.6 is 0 Å². The van der Waals surface area contributed by atoms with Gasteiger partial charge >= 0.3 is 35.8 Å². The first-order valence-corrected chi connectivity index (χ1v) is 46.0. The summed E-state index contributed by atoms with van der Waals surface area (Å²) in [5.74, 6) is 1.16. The van der Waals surface area contributed by atoms with Gasteiger partial charge in [-0.3, -0.25) is 38.4 Å². The second kappa shape index (κ2) is 41.6. The van der Waals surface area contributed by atoms with Crippen LogP contribution in [-0.2, 0) is 108 Å². The van der Waals surface area contributed by atoms with E-state index in [-0.39, 0.29) is 217 Å². The van der Waals surface area contributed by atoms with E-state index in [1.807, 2.05) is 38.1 Å². The second-order valence-electron chi connectivity index (χ2n) is 38.9. The monoisotopic (exact) mass is 1670 g/mol. The van der Waals surface area contributed by atoms with E-state index in [1.165, 1.54) is 12.2 Å². The Hall–Kier alpha value is -7.78. The molecule has 22 heteroatoms. The minimum Gasteiger partial charge on any atom is -0.489 e. The molecule has 0 N–H and O–H groups in total. The third-order valence-electron chi connectivity index (χ3n) is 32.3. The number of unbranched alkanes of at least 4 members (excludes halogenated alkanes) is 1. The van der Waals surface area contributed by atoms with Crippen molar-refractivity contribution in [3.05, 3.63) is 83.0 Å². The highest BCUT2D eigenvalue weighted by atomic mass is 16.6. The summed E-state index contributed by atoms with van der Waals surface area (Å²) >= 11 is 0. The Labute approximate surface area is 711 Å². The van der Waals surface area contributed by atoms with Gasteiger partial charge in [-0.2, -0.15) is 0 Å². The van der Waals surface area contributed by atoms with E-state index in [0.717, 1.165) is 125 Å². The highest BCUT2D eigenvalue weighted by Crippen LogP contribution is 2.72. The molecule has 10 aliphatic carbocycles. The Morgan fingerprint density at radius 1 is 0.425 bits per heavy atom. The molecule has 0 radical (unpaired) electrons. The smallest absolute Gasteiger partial charge is 0.330 e. The summed E-state index contributed by atoms with van der Waals surface area (Å²) in [7, 11) is 0. The lowest BCUT2D eigenvalue weighted by Crippen LogP contribution is -2.63. The van der Waals surface area contributed by atoms with E-state index in [1.54, 1.807) is 13.8 Å². The Morgan fingerprint density at radius 3 is 1.18 bits per heavy atom. The highest BCUT2D eigenvalue weighted by molar-refractivity contribution is 5.83. The van der Waals surface area contributed by atoms with E-state index < -0.39 is 10.8 Å². The van der Waals surface area contributed by atoms with Gasteiger partial charge in [-0.1, -0.05) is 78.6 Å². The molecule has 0 amide bonds. The van der Waals surface area contributed by atoms with Crippen molar-refractivity contribution in [3.63, 3.8) is 0 Å². The number of rotatable bonds is 39. The van der Waals surface area contributed by atoms with Crippen LogP contribution in [0.1, 0.15) is 273 Å². The molecule has 2 aromatic carbocycles. The molecule has 10 aliphatic rings. The molecule has 0 bridgehead atoms. The van der Waals surface area contributed by atoms with E-state index in [0.29, 0.717) is 128 Å². The summed E-state index contributed by atoms with van der Waals surface area (Å²) in [5, 5.41) is 0. The maximum Gasteiger partial charge on any atom is 0.330 e. The van der Waals surface area contributed by atoms with Crippen LogP contribution in [0.4, 0.5) is 0 Å². The van der Waals surface area contributed by atoms with Crippen LogP contribution in [0, 0.1) is 105 Å². The molecule has 2 aromatic rings. The molecule has 22 nitrogen and oxygen atoms in total. The zero-order valence-corrected chi connectivity index (χ0v) is 73.2. The zero-order valence-electron chi connectivity index (χ0n) is 73.2. The van der Waals surface area contributed by atoms with E-state index in [9.17, 15) is 47.9 Å². The summed E-state index contributed by atoms with van der Waals surface area (Å²) in [6.45, 7) is 24.4. The lowest BCUT2D eigenvalue weighted by Gasteiger charge is -2.64. The molecular weight excluding hydrogens is 1530 g/mol. The molecule has 0 aliphatic heterocycles. The van der Waals surface area contributed by atoms with Crippen LogP contribution < -0.4 is 9.47 Å². The number of carbonyl (C=O) groups is 10. The van der Waals surface area contributed by atoms with Gasteiger partial charge in [-0.15, -0.1) is 0 Å². The van der Waals surface area contributed by atoms with Gasteiger partial charge in [-0.25, -0.2) is 9.59 Å². The number of carbonyl (C=O) groups excluding carboxylic acids is 10. The second-order valence-corrected chi connectivity index (χ2v) is 38.9. The lowest BCUT2D eigenvalue weighted by atomic mass is 9.43. The number of fused-ring (bicyclic) bond motifs is 10. The van der Waals surface area contributed by atoms with Crippen LogP contribution in [0.5, 0.6) is 11.5 Å². The summed E-state index contributed by atoms with van der Waals surface area (Å²) in [5.41, 5.74) is 2.56. The molecule has 26 atom stereocenters. The van der Waals surface area contributed by atoms with Gasteiger partial charge < -0.3 is 56.8 Å². The fourth-order valence-corrected chi connectivity index (χ4v) is 26.3. The van der Waals surface area contributed by atoms with Gasteiger partial charge in [0.25, 0.3) is 25.9 Å². The van der Waals surface area contributed by atoms with Gasteiger partial charge in [0.05, 0.1) is 13.2 Å². The van der Waals surface area contributed by atoms with Gasteiger partial charge in [0.2, 0.25) is 0 Å². The molecule has 0 spiro atoms. The summed E-state index contributed by atoms with van der Waals surface area (Å²) in [6.07, 6.45) is 23.1. The minimum absolute atomic E-state index is 0.0359. The van der Waals surface area contributed by atoms with Crippen LogP contribution in [-0.4, -0.2) is 137 Å². The first-order valence-electron chi connectivity index (χ1n) is 46.0. The average molecular weight is 1670 g/mol. The van der Waals surface area contributed by atoms with Crippen molar-refractivity contribution >= 4 is 61.7 Å². The molecule has 12 rings (SSSR count). The van der Waals surface area contributed by atoms with Gasteiger partial charge in [0.15, 0.2) is 0 Å². The zero-order chi connectivity index (χ0) is 85.5. The number of hydrogen-bond acceptors (Lipinski definition) is 22. The maximum absolute atomic E-state index is 13.9. The predicted octanol–water partition coefficient (Wildman–Crippen LogP) is 17.6. The maximum atomic E-state index is 13.9. The lowest BCUT2D eigenvalue weighted by molar-refractivity contribution is -0.219. The Morgan fingerprint density at radius 2 is 0.800 bits per heavy atom. The third-order valence-corrected chi connectivity index (χ3v) is 32.3. The summed E-state index contributed by atoms with van der Waals surface area (Å²) in [4.78, 5) is 129. The van der Waals surface area contributed by atoms with Crippen molar-refractivity contribution in [3.8, 4) is 11.5 Å². The molecule has 662 valence electrons. The molecule has 10 fully saturated rings. The Bertz CT molecular complexity index is 3620. The van der Waals surface area contributed by atoms with Crippen molar-refractivity contribution in [1.29, 1.82) is 0 Å². The quantitative estimate of drug-likeness (QED) is 0.0198. The van der Waals surface area contributed by atoms with Crippen LogP contribution in [0.2, 0.25) is 0 Å². The Kier molecular flexibility index (Phi) is 31.7. The largest absolute Gasteiger partial charge is 0.489 e. The number of benzene rings is 2. The van der Waals surface area contributed by atoms with E-state index in [2.05, 4.69) is 65.8 Å². The summed E-state index contributed by atoms with van der Waals surface area (Å²) in [6, 6.07) is 16.0. The average Bonchev–Trinajstić information content (AvgIpc) is 1.19. The van der Waals surface area contributed by atoms with Crippen molar-refractivity contribution in [2.75, 3.05) is 26.4 Å². The minimum atomic E-state index is -0.427. The molecule has 0 unspecified atom stereocenters. The van der Waals surface area contributed by atoms with Crippen molar-refractivity contribution in [2.24, 2.45) is 105 Å². The van der Waals surface area contributed by atoms with Crippen LogP contribution in [0.3, 0.4) is 0 Å². The molecule has 10 saturated carbocycles. The van der Waals surface area contributed by atoms with Crippen LogP contribution in [0.15, 0.2) is 71.8 Å². The van der Waals surface area contributed by atoms with E-state index in [4.69, 9.17) is 56.8 Å². The first-order chi connectivity index (χ1) is 57.8. The van der Waals surface area contributed by atoms with Crippen molar-refractivity contribution < 1.29 is 105 Å². The topological polar surface area (TPSA) is 281 Å². The first kappa shape index (κ1) is 91.4. The van der Waals surface area contributed by atoms with Gasteiger partial charge in [0, 0.05) is 60.5 Å². The van der Waals surface area contributed by atoms with Gasteiger partial charge in [0.1, 0.15) is 73.5 Å². The molecule has 120 heavy (non-hydrogen) atoms. The number of hydrogen-bond donors (Lipinski definition) is 0. The fraction of sp³-hybridized carbons (Fsp3) is 0.735. The molecule has 0 heterocycles. The third kappa shape index (κ3) is 21.2. The van der Waals surface area contributed by atoms with E-state index >= 15 is 0 Å². The fourth-order valence-electron chi connectivity index (χ4n) is 26.3. The molecule has 0 aromatic heterocycles. The number of esters is 6. The molecule has 0 saturated heterocycles. The Balaban J connectivity index is 0.577. The van der Waals surface area contributed by atoms with Crippen molar-refractivity contribution in [2.45, 2.75) is 324 Å². The van der Waals surface area contributed by atoms with Crippen LogP contribution in [0.25, 0.3) is 0 Å². The highest BCUT2D eigenvalue weighted by Gasteiger charge is 2.70. The summed E-state index contributed by atoms with van der Waals surface area (Å²) < 4.78 is 71.9. The van der Waals surface area contributed by atoms with Crippen molar-refractivity contribution in [1.82, 2.24) is 0 Å². The standard InChI is InChI=1S/C98H138O22/c1-11-109-91(107)45-61(3)55-111-71-31-27-65(28-32-71)47-67-19-13-15-21-81(67)119-89(105)39-25-63(5)75-35-37-77-93-79(53-85(115-59-101)97(75,77)9)95(7)43-41-73(49-69(95)51-83(93)113-57-99)117-87(103)23-17-18-24-88(104)118-74-42-44-96(8)70(50-74)52-84(114-58-100)94-78-38-36-76(98(78,10)86(116-60-102)54-80(94)96)64(6)26-40-90(106)120-82-22-16-14-20-68(82)48-66-29-33-72(34-30-66)112-56-62(4)46-92(108)110-12-2/h27-34,45-46,57-60,63-64,67-70,73-86,93-94H,11-26,35-44,47-56H2,1-10H3/b61-45+,62-46+/t63-,64-,67-,68-,69+,70+,73-,74-,75-,76-,77+,78+,79+,80+,81+,82+,83-,84-,85+,86+,93+,94+,95+,96+,97-,98-/m1/s1. The normalized spacial score (nSPS) is 35.5. The molecular formula is C98H138O22. The van der Waals surface area contributed by atoms with Gasteiger partial charge in [-0.05, 0) is 323 Å². The SMILES string of the molecule is CCOC(=O)/C=C(\C)COc1ccc(C[C@H]2CCCC[C@@H]2OC(=O)CC[C@@H](C)[C@H]2CC[C@H]3[C@@H]4[C@H](OC=O)C[C@@H]5C[C@H](OC(=O)CCCCC(=O)O[C@@H]6CC[C@@]7(C)[C@@H](C6)C[C@@H](OC=O)[C@@H]6[C@@H]7C[C@H](OC=O)[C@]7(C)[C@@H]([C@H](C)CCC(=O)O[C@H]8CCCC[C@@H]8Cc8ccc(OC/C(C)=C/C(=O)OCC)cc8)CC[C@@H]67)CC[C@]5(C)[C@H]4C[C@H](OC=O)[C@]23C)cc1. The predicted molar refractivity (Wildman–Crippen MR) is 446 cm³/mol. The number of ether oxygens (including phenoxy) is 12.